The fourth-order valence-corrected chi connectivity index (χ4v) is 2.72. The van der Waals surface area contributed by atoms with Crippen LogP contribution in [0.15, 0.2) is 48.5 Å². The zero-order valence-corrected chi connectivity index (χ0v) is 12.6. The quantitative estimate of drug-likeness (QED) is 0.919. The molecule has 2 aromatic rings. The Morgan fingerprint density at radius 2 is 1.87 bits per heavy atom. The zero-order valence-electron chi connectivity index (χ0n) is 12.6. The van der Waals surface area contributed by atoms with Crippen LogP contribution < -0.4 is 10.2 Å². The normalized spacial score (nSPS) is 13.1. The van der Waals surface area contributed by atoms with Gasteiger partial charge in [-0.3, -0.25) is 9.59 Å². The van der Waals surface area contributed by atoms with E-state index in [1.807, 2.05) is 24.3 Å². The number of rotatable bonds is 5. The lowest BCUT2D eigenvalue weighted by atomic mass is 10.1. The van der Waals surface area contributed by atoms with Crippen LogP contribution in [-0.4, -0.2) is 24.9 Å². The fraction of sp³-hybridized carbons (Fsp3) is 0.222. The molecule has 0 fully saturated rings. The summed E-state index contributed by atoms with van der Waals surface area (Å²) in [5, 5.41) is 2.80. The van der Waals surface area contributed by atoms with E-state index in [-0.39, 0.29) is 24.1 Å². The average Bonchev–Trinajstić information content (AvgIpc) is 2.86. The maximum absolute atomic E-state index is 12.8. The van der Waals surface area contributed by atoms with Crippen molar-refractivity contribution in [2.45, 2.75) is 12.8 Å². The molecule has 0 bridgehead atoms. The molecule has 23 heavy (non-hydrogen) atoms. The number of benzene rings is 2. The third kappa shape index (κ3) is 3.56. The predicted octanol–water partition coefficient (Wildman–Crippen LogP) is 2.07. The van der Waals surface area contributed by atoms with Gasteiger partial charge in [-0.1, -0.05) is 30.3 Å². The summed E-state index contributed by atoms with van der Waals surface area (Å²) in [6, 6.07) is 13.5. The molecule has 2 aromatic carbocycles. The Morgan fingerprint density at radius 3 is 2.65 bits per heavy atom. The van der Waals surface area contributed by atoms with E-state index in [9.17, 15) is 14.0 Å². The Kier molecular flexibility index (Phi) is 4.37. The molecule has 0 spiro atoms. The topological polar surface area (TPSA) is 49.4 Å². The summed E-state index contributed by atoms with van der Waals surface area (Å²) < 4.78 is 12.8. The van der Waals surface area contributed by atoms with E-state index in [1.54, 1.807) is 17.0 Å². The highest BCUT2D eigenvalue weighted by Gasteiger charge is 2.26. The van der Waals surface area contributed by atoms with Crippen molar-refractivity contribution < 1.29 is 14.0 Å². The largest absolute Gasteiger partial charge is 0.354 e. The van der Waals surface area contributed by atoms with E-state index in [4.69, 9.17) is 0 Å². The van der Waals surface area contributed by atoms with Gasteiger partial charge in [-0.2, -0.15) is 0 Å². The lowest BCUT2D eigenvalue weighted by Gasteiger charge is -2.17. The molecule has 1 heterocycles. The van der Waals surface area contributed by atoms with Crippen molar-refractivity contribution in [3.05, 3.63) is 65.5 Å². The van der Waals surface area contributed by atoms with E-state index < -0.39 is 0 Å². The highest BCUT2D eigenvalue weighted by atomic mass is 19.1. The minimum absolute atomic E-state index is 0.0546. The number of halogens is 1. The second-order valence-corrected chi connectivity index (χ2v) is 5.50. The molecule has 2 amide bonds. The first-order chi connectivity index (χ1) is 11.1. The molecular formula is C18H17FN2O2. The molecule has 0 atom stereocenters. The van der Waals surface area contributed by atoms with Gasteiger partial charge in [0.25, 0.3) is 0 Å². The molecule has 0 saturated heterocycles. The Labute approximate surface area is 133 Å². The standard InChI is InChI=1S/C18H17FN2O2/c19-15-7-5-13(6-8-15)11-17(22)20-9-10-21-16-4-2-1-3-14(16)12-18(21)23/h1-8H,9-12H2,(H,20,22). The number of hydrogen-bond acceptors (Lipinski definition) is 2. The molecular weight excluding hydrogens is 295 g/mol. The van der Waals surface area contributed by atoms with Crippen LogP contribution in [0.5, 0.6) is 0 Å². The van der Waals surface area contributed by atoms with Crippen LogP contribution in [0, 0.1) is 5.82 Å². The number of hydrogen-bond donors (Lipinski definition) is 1. The van der Waals surface area contributed by atoms with Gasteiger partial charge in [-0.05, 0) is 29.3 Å². The number of carbonyl (C=O) groups is 2. The monoisotopic (exact) mass is 312 g/mol. The predicted molar refractivity (Wildman–Crippen MR) is 85.6 cm³/mol. The van der Waals surface area contributed by atoms with Crippen molar-refractivity contribution in [3.8, 4) is 0 Å². The van der Waals surface area contributed by atoms with Crippen molar-refractivity contribution in [1.82, 2.24) is 5.32 Å². The summed E-state index contributed by atoms with van der Waals surface area (Å²) in [5.74, 6) is -0.407. The van der Waals surface area contributed by atoms with Crippen LogP contribution in [-0.2, 0) is 22.4 Å². The van der Waals surface area contributed by atoms with Crippen molar-refractivity contribution >= 4 is 17.5 Å². The third-order valence-electron chi connectivity index (χ3n) is 3.86. The second kappa shape index (κ2) is 6.60. The summed E-state index contributed by atoms with van der Waals surface area (Å²) in [6.45, 7) is 0.838. The van der Waals surface area contributed by atoms with E-state index in [1.165, 1.54) is 12.1 Å². The molecule has 4 nitrogen and oxygen atoms in total. The lowest BCUT2D eigenvalue weighted by Crippen LogP contribution is -2.37. The maximum Gasteiger partial charge on any atom is 0.231 e. The number of nitrogens with zero attached hydrogens (tertiary/aromatic N) is 1. The molecule has 5 heteroatoms. The van der Waals surface area contributed by atoms with Crippen LogP contribution in [0.25, 0.3) is 0 Å². The first kappa shape index (κ1) is 15.2. The number of fused-ring (bicyclic) bond motifs is 1. The van der Waals surface area contributed by atoms with Crippen LogP contribution >= 0.6 is 0 Å². The van der Waals surface area contributed by atoms with Gasteiger partial charge >= 0.3 is 0 Å². The highest BCUT2D eigenvalue weighted by molar-refractivity contribution is 6.01. The summed E-state index contributed by atoms with van der Waals surface area (Å²) in [6.07, 6.45) is 0.616. The average molecular weight is 312 g/mol. The molecule has 0 saturated carbocycles. The third-order valence-corrected chi connectivity index (χ3v) is 3.86. The number of para-hydroxylation sites is 1. The first-order valence-corrected chi connectivity index (χ1v) is 7.53. The van der Waals surface area contributed by atoms with Crippen molar-refractivity contribution in [2.75, 3.05) is 18.0 Å². The van der Waals surface area contributed by atoms with Crippen LogP contribution in [0.3, 0.4) is 0 Å². The lowest BCUT2D eigenvalue weighted by molar-refractivity contribution is -0.121. The number of amides is 2. The van der Waals surface area contributed by atoms with E-state index in [2.05, 4.69) is 5.32 Å². The van der Waals surface area contributed by atoms with Gasteiger partial charge in [0.1, 0.15) is 5.82 Å². The van der Waals surface area contributed by atoms with Gasteiger partial charge in [0.2, 0.25) is 11.8 Å². The minimum Gasteiger partial charge on any atom is -0.354 e. The van der Waals surface area contributed by atoms with Gasteiger partial charge in [-0.25, -0.2) is 4.39 Å². The summed E-state index contributed by atoms with van der Waals surface area (Å²) in [7, 11) is 0. The molecule has 1 N–H and O–H groups in total. The molecule has 3 rings (SSSR count). The van der Waals surface area contributed by atoms with Crippen molar-refractivity contribution in [2.24, 2.45) is 0 Å². The van der Waals surface area contributed by atoms with Gasteiger partial charge < -0.3 is 10.2 Å². The van der Waals surface area contributed by atoms with Gasteiger partial charge in [0.05, 0.1) is 12.8 Å². The maximum atomic E-state index is 12.8. The number of anilines is 1. The van der Waals surface area contributed by atoms with Gasteiger partial charge in [0.15, 0.2) is 0 Å². The Bertz CT molecular complexity index is 728. The van der Waals surface area contributed by atoms with Gasteiger partial charge in [0, 0.05) is 18.8 Å². The van der Waals surface area contributed by atoms with Crippen LogP contribution in [0.1, 0.15) is 11.1 Å². The minimum atomic E-state index is -0.319. The number of carbonyl (C=O) groups excluding carboxylic acids is 2. The highest BCUT2D eigenvalue weighted by Crippen LogP contribution is 2.27. The molecule has 1 aliphatic rings. The summed E-state index contributed by atoms with van der Waals surface area (Å²) in [5.41, 5.74) is 2.70. The van der Waals surface area contributed by atoms with E-state index in [0.717, 1.165) is 16.8 Å². The zero-order chi connectivity index (χ0) is 16.2. The Morgan fingerprint density at radius 1 is 1.13 bits per heavy atom. The molecule has 118 valence electrons. The Hall–Kier alpha value is -2.69. The molecule has 0 aromatic heterocycles. The summed E-state index contributed by atoms with van der Waals surface area (Å²) >= 11 is 0. The SMILES string of the molecule is O=C(Cc1ccc(F)cc1)NCCN1C(=O)Cc2ccccc21. The fourth-order valence-electron chi connectivity index (χ4n) is 2.72. The first-order valence-electron chi connectivity index (χ1n) is 7.53. The molecule has 0 radical (unpaired) electrons. The molecule has 1 aliphatic heterocycles. The number of nitrogens with one attached hydrogen (secondary N) is 1. The van der Waals surface area contributed by atoms with Gasteiger partial charge in [-0.15, -0.1) is 0 Å². The van der Waals surface area contributed by atoms with Crippen molar-refractivity contribution in [1.29, 1.82) is 0 Å². The van der Waals surface area contributed by atoms with Crippen LogP contribution in [0.2, 0.25) is 0 Å². The molecule has 0 unspecified atom stereocenters. The summed E-state index contributed by atoms with van der Waals surface area (Å²) in [4.78, 5) is 25.6. The second-order valence-electron chi connectivity index (χ2n) is 5.50. The van der Waals surface area contributed by atoms with E-state index in [0.29, 0.717) is 19.5 Å². The van der Waals surface area contributed by atoms with Crippen molar-refractivity contribution in [3.63, 3.8) is 0 Å². The molecule has 0 aliphatic carbocycles. The van der Waals surface area contributed by atoms with E-state index >= 15 is 0 Å². The Balaban J connectivity index is 1.50. The smallest absolute Gasteiger partial charge is 0.231 e. The van der Waals surface area contributed by atoms with Crippen LogP contribution in [0.4, 0.5) is 10.1 Å².